The van der Waals surface area contributed by atoms with Gasteiger partial charge in [-0.3, -0.25) is 0 Å². The molecule has 0 heterocycles. The summed E-state index contributed by atoms with van der Waals surface area (Å²) in [4.78, 5) is 21.2. The van der Waals surface area contributed by atoms with E-state index in [1.807, 2.05) is 60.7 Å². The van der Waals surface area contributed by atoms with Gasteiger partial charge in [-0.05, 0) is 42.5 Å². The predicted molar refractivity (Wildman–Crippen MR) is 104 cm³/mol. The number of carboxylic acids is 2. The fourth-order valence-corrected chi connectivity index (χ4v) is 2.11. The van der Waals surface area contributed by atoms with E-state index in [2.05, 4.69) is 10.2 Å². The first-order valence-electron chi connectivity index (χ1n) is 8.17. The van der Waals surface area contributed by atoms with Gasteiger partial charge in [-0.25, -0.2) is 9.59 Å². The average molecular weight is 378 g/mol. The zero-order valence-corrected chi connectivity index (χ0v) is 15.0. The number of methoxy groups -OCH3 is 1. The molecule has 142 valence electrons. The summed E-state index contributed by atoms with van der Waals surface area (Å²) in [6.07, 6.45) is 0. The van der Waals surface area contributed by atoms with Crippen LogP contribution in [-0.4, -0.2) is 29.3 Å². The van der Waals surface area contributed by atoms with E-state index >= 15 is 0 Å². The maximum atomic E-state index is 10.7. The van der Waals surface area contributed by atoms with Crippen molar-refractivity contribution in [3.63, 3.8) is 0 Å². The number of carboxylic acid groups (broad SMARTS) is 2. The van der Waals surface area contributed by atoms with E-state index in [1.165, 1.54) is 19.2 Å². The van der Waals surface area contributed by atoms with E-state index < -0.39 is 11.9 Å². The van der Waals surface area contributed by atoms with Crippen LogP contribution in [0.5, 0.6) is 5.75 Å². The third-order valence-electron chi connectivity index (χ3n) is 3.47. The van der Waals surface area contributed by atoms with Crippen LogP contribution in [0.15, 0.2) is 89.1 Å². The number of hydrogen-bond acceptors (Lipinski definition) is 5. The summed E-state index contributed by atoms with van der Waals surface area (Å²) < 4.78 is 4.77. The summed E-state index contributed by atoms with van der Waals surface area (Å²) in [5, 5.41) is 25.6. The van der Waals surface area contributed by atoms with Crippen LogP contribution in [0.2, 0.25) is 0 Å². The highest BCUT2D eigenvalue weighted by Gasteiger charge is 2.13. The molecule has 2 N–H and O–H groups in total. The number of benzene rings is 3. The van der Waals surface area contributed by atoms with Gasteiger partial charge in [0.15, 0.2) is 0 Å². The van der Waals surface area contributed by atoms with E-state index in [0.29, 0.717) is 0 Å². The second kappa shape index (κ2) is 10.2. The third-order valence-corrected chi connectivity index (χ3v) is 3.47. The van der Waals surface area contributed by atoms with Crippen molar-refractivity contribution < 1.29 is 24.5 Å². The lowest BCUT2D eigenvalue weighted by molar-refractivity contribution is 0.0693. The molecule has 0 aliphatic rings. The molecule has 0 saturated carbocycles. The predicted octanol–water partition coefficient (Wildman–Crippen LogP) is 5.19. The van der Waals surface area contributed by atoms with Gasteiger partial charge in [0.25, 0.3) is 0 Å². The van der Waals surface area contributed by atoms with Crippen molar-refractivity contribution in [2.24, 2.45) is 10.2 Å². The Bertz CT molecular complexity index is 916. The Kier molecular flexibility index (Phi) is 7.42. The van der Waals surface area contributed by atoms with Gasteiger partial charge in [-0.15, -0.1) is 0 Å². The van der Waals surface area contributed by atoms with Gasteiger partial charge in [0.05, 0.1) is 24.0 Å². The number of azo groups is 1. The second-order valence-electron chi connectivity index (χ2n) is 5.40. The molecule has 0 atom stereocenters. The van der Waals surface area contributed by atoms with Crippen LogP contribution in [0, 0.1) is 0 Å². The minimum absolute atomic E-state index is 0.0804. The molecule has 0 saturated heterocycles. The molecule has 28 heavy (non-hydrogen) atoms. The van der Waals surface area contributed by atoms with Crippen molar-refractivity contribution in [3.05, 3.63) is 90.0 Å². The average Bonchev–Trinajstić information content (AvgIpc) is 2.73. The highest BCUT2D eigenvalue weighted by molar-refractivity contribution is 5.95. The lowest BCUT2D eigenvalue weighted by Gasteiger charge is -2.04. The van der Waals surface area contributed by atoms with E-state index in [1.54, 1.807) is 0 Å². The van der Waals surface area contributed by atoms with Crippen LogP contribution < -0.4 is 4.74 Å². The number of aromatic carboxylic acids is 2. The first kappa shape index (κ1) is 20.3. The summed E-state index contributed by atoms with van der Waals surface area (Å²) in [5.41, 5.74) is 1.50. The molecule has 3 aromatic carbocycles. The Morgan fingerprint density at radius 2 is 1.25 bits per heavy atom. The lowest BCUT2D eigenvalue weighted by atomic mass is 10.1. The Hall–Kier alpha value is -4.00. The van der Waals surface area contributed by atoms with Crippen molar-refractivity contribution in [3.8, 4) is 5.75 Å². The van der Waals surface area contributed by atoms with Gasteiger partial charge in [-0.1, -0.05) is 36.4 Å². The zero-order chi connectivity index (χ0) is 20.4. The van der Waals surface area contributed by atoms with Crippen LogP contribution in [0.1, 0.15) is 20.7 Å². The minimum atomic E-state index is -1.22. The summed E-state index contributed by atoms with van der Waals surface area (Å²) in [7, 11) is 1.32. The fraction of sp³-hybridized carbons (Fsp3) is 0.0476. The standard InChI is InChI=1S/C12H10N2.C9H8O5/c1-3-7-11(8-4-1)13-14-12-9-5-2-6-10-12;1-14-7-3-2-5(8(10)11)4-6(7)9(12)13/h1-10H;2-4H,1H3,(H,10,11)(H,12,13). The molecule has 0 amide bonds. The zero-order valence-electron chi connectivity index (χ0n) is 15.0. The molecule has 0 spiro atoms. The highest BCUT2D eigenvalue weighted by Crippen LogP contribution is 2.19. The van der Waals surface area contributed by atoms with Crippen molar-refractivity contribution in [2.75, 3.05) is 7.11 Å². The smallest absolute Gasteiger partial charge is 0.339 e. The number of nitrogens with zero attached hydrogens (tertiary/aromatic N) is 2. The van der Waals surface area contributed by atoms with Crippen molar-refractivity contribution in [1.29, 1.82) is 0 Å². The van der Waals surface area contributed by atoms with Gasteiger partial charge >= 0.3 is 11.9 Å². The molecule has 0 unspecified atom stereocenters. The first-order valence-corrected chi connectivity index (χ1v) is 8.17. The van der Waals surface area contributed by atoms with Crippen LogP contribution >= 0.6 is 0 Å². The van der Waals surface area contributed by atoms with E-state index in [4.69, 9.17) is 14.9 Å². The summed E-state index contributed by atoms with van der Waals surface area (Å²) >= 11 is 0. The Balaban J connectivity index is 0.000000200. The molecular formula is C21H18N2O5. The molecule has 0 aliphatic heterocycles. The largest absolute Gasteiger partial charge is 0.496 e. The topological polar surface area (TPSA) is 109 Å². The van der Waals surface area contributed by atoms with Gasteiger partial charge in [0.2, 0.25) is 0 Å². The fourth-order valence-electron chi connectivity index (χ4n) is 2.11. The van der Waals surface area contributed by atoms with E-state index in [9.17, 15) is 9.59 Å². The number of rotatable bonds is 5. The lowest BCUT2D eigenvalue weighted by Crippen LogP contribution is -2.04. The summed E-state index contributed by atoms with van der Waals surface area (Å²) in [6, 6.07) is 23.0. The number of carbonyl (C=O) groups is 2. The molecule has 0 aliphatic carbocycles. The maximum absolute atomic E-state index is 10.7. The second-order valence-corrected chi connectivity index (χ2v) is 5.40. The molecule has 7 nitrogen and oxygen atoms in total. The normalized spacial score (nSPS) is 10.0. The van der Waals surface area contributed by atoms with Gasteiger partial charge < -0.3 is 14.9 Å². The molecule has 0 aromatic heterocycles. The Morgan fingerprint density at radius 1 is 0.750 bits per heavy atom. The summed E-state index contributed by atoms with van der Waals surface area (Å²) in [6.45, 7) is 0. The third kappa shape index (κ3) is 6.06. The van der Waals surface area contributed by atoms with E-state index in [0.717, 1.165) is 17.4 Å². The SMILES string of the molecule is COc1ccc(C(=O)O)cc1C(=O)O.c1ccc(N=Nc2ccccc2)cc1. The Labute approximate surface area is 161 Å². The quantitative estimate of drug-likeness (QED) is 0.594. The Morgan fingerprint density at radius 3 is 1.64 bits per heavy atom. The van der Waals surface area contributed by atoms with Crippen LogP contribution in [0.25, 0.3) is 0 Å². The van der Waals surface area contributed by atoms with Crippen LogP contribution in [0.3, 0.4) is 0 Å². The molecule has 3 rings (SSSR count). The van der Waals surface area contributed by atoms with Crippen molar-refractivity contribution >= 4 is 23.3 Å². The molecule has 3 aromatic rings. The molecule has 7 heteroatoms. The highest BCUT2D eigenvalue weighted by atomic mass is 16.5. The molecule has 0 radical (unpaired) electrons. The maximum Gasteiger partial charge on any atom is 0.339 e. The first-order chi connectivity index (χ1) is 13.5. The summed E-state index contributed by atoms with van der Waals surface area (Å²) in [5.74, 6) is -2.25. The number of hydrogen-bond donors (Lipinski definition) is 2. The van der Waals surface area contributed by atoms with Crippen LogP contribution in [-0.2, 0) is 0 Å². The van der Waals surface area contributed by atoms with Gasteiger partial charge in [0, 0.05) is 0 Å². The van der Waals surface area contributed by atoms with Gasteiger partial charge in [0.1, 0.15) is 11.3 Å². The molecular weight excluding hydrogens is 360 g/mol. The van der Waals surface area contributed by atoms with Crippen molar-refractivity contribution in [1.82, 2.24) is 0 Å². The van der Waals surface area contributed by atoms with E-state index in [-0.39, 0.29) is 16.9 Å². The minimum Gasteiger partial charge on any atom is -0.496 e. The van der Waals surface area contributed by atoms with Crippen LogP contribution in [0.4, 0.5) is 11.4 Å². The van der Waals surface area contributed by atoms with Gasteiger partial charge in [-0.2, -0.15) is 10.2 Å². The van der Waals surface area contributed by atoms with Crippen molar-refractivity contribution in [2.45, 2.75) is 0 Å². The monoisotopic (exact) mass is 378 g/mol. The number of ether oxygens (including phenoxy) is 1. The molecule has 0 fully saturated rings. The molecule has 0 bridgehead atoms.